The van der Waals surface area contributed by atoms with Gasteiger partial charge < -0.3 is 15.6 Å². The van der Waals surface area contributed by atoms with Gasteiger partial charge in [0.05, 0.1) is 0 Å². The quantitative estimate of drug-likeness (QED) is 0.249. The second-order valence-electron chi connectivity index (χ2n) is 1.32. The number of hydrogen-bond acceptors (Lipinski definition) is 3. The van der Waals surface area contributed by atoms with Crippen molar-refractivity contribution in [1.29, 1.82) is 5.41 Å². The standard InChI is InChI=1S/C4H7NO3.K/c5-3(6)1-2-4(7)8;/h1-2H2,(H2,5,6)(H,7,8);/q;+1/p-1. The molecule has 0 aliphatic heterocycles. The molecule has 46 valence electrons. The van der Waals surface area contributed by atoms with Gasteiger partial charge in [-0.05, 0) is 12.3 Å². The van der Waals surface area contributed by atoms with Crippen molar-refractivity contribution in [2.75, 3.05) is 0 Å². The van der Waals surface area contributed by atoms with E-state index in [0.29, 0.717) is 0 Å². The predicted molar refractivity (Wildman–Crippen MR) is 24.6 cm³/mol. The summed E-state index contributed by atoms with van der Waals surface area (Å²) in [7, 11) is 0. The van der Waals surface area contributed by atoms with Gasteiger partial charge in [0.25, 0.3) is 0 Å². The third-order valence-electron chi connectivity index (χ3n) is 0.566. The molecule has 0 saturated heterocycles. The Kier molecular flexibility index (Phi) is 9.13. The van der Waals surface area contributed by atoms with E-state index in [2.05, 4.69) is 0 Å². The smallest absolute Gasteiger partial charge is 0.862 e. The maximum Gasteiger partial charge on any atom is 1.00 e. The van der Waals surface area contributed by atoms with Gasteiger partial charge in [0.1, 0.15) is 0 Å². The molecular formula is C4H6KNO3. The van der Waals surface area contributed by atoms with E-state index in [0.717, 1.165) is 0 Å². The normalized spacial score (nSPS) is 7.56. The molecule has 0 radical (unpaired) electrons. The third kappa shape index (κ3) is 11.9. The van der Waals surface area contributed by atoms with Crippen molar-refractivity contribution in [2.24, 2.45) is 0 Å². The fourth-order valence-electron chi connectivity index (χ4n) is 0.220. The Morgan fingerprint density at radius 2 is 2.00 bits per heavy atom. The molecule has 0 aromatic heterocycles. The Hall–Kier alpha value is 0.576. The molecule has 0 unspecified atom stereocenters. The Labute approximate surface area is 95.2 Å². The van der Waals surface area contributed by atoms with Crippen LogP contribution in [0.1, 0.15) is 12.8 Å². The number of carbonyl (C=O) groups is 1. The number of rotatable bonds is 3. The summed E-state index contributed by atoms with van der Waals surface area (Å²) < 4.78 is 0. The van der Waals surface area contributed by atoms with Crippen LogP contribution in [-0.2, 0) is 4.79 Å². The van der Waals surface area contributed by atoms with E-state index in [1.165, 1.54) is 0 Å². The van der Waals surface area contributed by atoms with Gasteiger partial charge in [0.15, 0.2) is 0 Å². The Morgan fingerprint density at radius 3 is 2.11 bits per heavy atom. The van der Waals surface area contributed by atoms with E-state index in [-0.39, 0.29) is 64.2 Å². The van der Waals surface area contributed by atoms with Crippen molar-refractivity contribution < 1.29 is 66.4 Å². The summed E-state index contributed by atoms with van der Waals surface area (Å²) in [6.45, 7) is 0. The van der Waals surface area contributed by atoms with Gasteiger partial charge in [-0.25, -0.2) is 0 Å². The van der Waals surface area contributed by atoms with Crippen LogP contribution < -0.4 is 56.5 Å². The molecule has 0 spiro atoms. The molecule has 0 amide bonds. The van der Waals surface area contributed by atoms with Crippen molar-refractivity contribution in [3.05, 3.63) is 0 Å². The molecule has 0 atom stereocenters. The van der Waals surface area contributed by atoms with Crippen molar-refractivity contribution >= 4 is 11.9 Å². The molecule has 0 bridgehead atoms. The second kappa shape index (κ2) is 6.69. The van der Waals surface area contributed by atoms with Gasteiger partial charge in [-0.2, -0.15) is 0 Å². The summed E-state index contributed by atoms with van der Waals surface area (Å²) in [6.07, 6.45) is -0.419. The fourth-order valence-corrected chi connectivity index (χ4v) is 0.220. The first-order chi connectivity index (χ1) is 3.63. The van der Waals surface area contributed by atoms with Crippen LogP contribution >= 0.6 is 0 Å². The summed E-state index contributed by atoms with van der Waals surface area (Å²) in [5.74, 6) is -1.86. The molecule has 0 aliphatic carbocycles. The minimum absolute atomic E-state index is 0. The monoisotopic (exact) mass is 155 g/mol. The van der Waals surface area contributed by atoms with Crippen LogP contribution in [0.5, 0.6) is 0 Å². The van der Waals surface area contributed by atoms with Crippen LogP contribution in [0.2, 0.25) is 0 Å². The summed E-state index contributed by atoms with van der Waals surface area (Å²) in [5, 5.41) is 23.9. The van der Waals surface area contributed by atoms with Gasteiger partial charge in [0, 0.05) is 6.42 Å². The average Bonchev–Trinajstić information content (AvgIpc) is 1.61. The summed E-state index contributed by atoms with van der Waals surface area (Å²) in [4.78, 5) is 9.67. The molecule has 0 heterocycles. The molecule has 0 saturated carbocycles. The van der Waals surface area contributed by atoms with Crippen molar-refractivity contribution in [3.63, 3.8) is 0 Å². The second-order valence-corrected chi connectivity index (χ2v) is 1.32. The van der Waals surface area contributed by atoms with Gasteiger partial charge in [-0.15, -0.1) is 0 Å². The van der Waals surface area contributed by atoms with E-state index >= 15 is 0 Å². The van der Waals surface area contributed by atoms with Crippen LogP contribution in [-0.4, -0.2) is 17.0 Å². The van der Waals surface area contributed by atoms with Gasteiger partial charge in [0.2, 0.25) is 0 Å². The number of hydrogen-bond donors (Lipinski definition) is 2. The van der Waals surface area contributed by atoms with Gasteiger partial charge in [-0.1, -0.05) is 0 Å². The van der Waals surface area contributed by atoms with Crippen molar-refractivity contribution in [1.82, 2.24) is 0 Å². The Morgan fingerprint density at radius 1 is 1.56 bits per heavy atom. The Bertz CT molecular complexity index is 100. The molecule has 5 heteroatoms. The molecule has 0 aromatic rings. The molecule has 9 heavy (non-hydrogen) atoms. The van der Waals surface area contributed by atoms with Crippen molar-refractivity contribution in [3.8, 4) is 0 Å². The number of aliphatic carboxylic acids is 1. The van der Waals surface area contributed by atoms with Gasteiger partial charge >= 0.3 is 57.4 Å². The molecule has 2 N–H and O–H groups in total. The van der Waals surface area contributed by atoms with Gasteiger partial charge in [-0.3, -0.25) is 4.79 Å². The zero-order chi connectivity index (χ0) is 6.57. The van der Waals surface area contributed by atoms with E-state index in [4.69, 9.17) is 10.5 Å². The topological polar surface area (TPSA) is 84.2 Å². The molecule has 0 fully saturated rings. The minimum atomic E-state index is -1.04. The third-order valence-corrected chi connectivity index (χ3v) is 0.566. The first-order valence-corrected chi connectivity index (χ1v) is 2.09. The summed E-state index contributed by atoms with van der Waals surface area (Å²) >= 11 is 0. The number of nitrogens with one attached hydrogen (secondary N) is 1. The fraction of sp³-hybridized carbons (Fsp3) is 0.500. The van der Waals surface area contributed by atoms with Crippen LogP contribution in [0.25, 0.3) is 0 Å². The van der Waals surface area contributed by atoms with Crippen LogP contribution in [0.15, 0.2) is 0 Å². The van der Waals surface area contributed by atoms with E-state index in [1.54, 1.807) is 0 Å². The van der Waals surface area contributed by atoms with Crippen LogP contribution in [0.3, 0.4) is 0 Å². The SMILES string of the molecule is N=C([O-])CCC(=O)O.[K+]. The minimum Gasteiger partial charge on any atom is -0.862 e. The van der Waals surface area contributed by atoms with E-state index in [1.807, 2.05) is 0 Å². The Balaban J connectivity index is 0. The van der Waals surface area contributed by atoms with E-state index < -0.39 is 11.9 Å². The summed E-state index contributed by atoms with van der Waals surface area (Å²) in [5.41, 5.74) is 0. The van der Waals surface area contributed by atoms with Crippen molar-refractivity contribution in [2.45, 2.75) is 12.8 Å². The first-order valence-electron chi connectivity index (χ1n) is 2.09. The van der Waals surface area contributed by atoms with Crippen LogP contribution in [0, 0.1) is 5.41 Å². The van der Waals surface area contributed by atoms with Crippen LogP contribution in [0.4, 0.5) is 0 Å². The molecule has 0 aliphatic rings. The maximum atomic E-state index is 9.75. The molecular weight excluding hydrogens is 149 g/mol. The average molecular weight is 155 g/mol. The van der Waals surface area contributed by atoms with E-state index in [9.17, 15) is 9.90 Å². The largest absolute Gasteiger partial charge is 1.00 e. The zero-order valence-electron chi connectivity index (χ0n) is 5.18. The first kappa shape index (κ1) is 12.3. The zero-order valence-corrected chi connectivity index (χ0v) is 8.30. The molecule has 0 aromatic carbocycles. The maximum absolute atomic E-state index is 9.75. The summed E-state index contributed by atoms with van der Waals surface area (Å²) in [6, 6.07) is 0. The molecule has 4 nitrogen and oxygen atoms in total. The predicted octanol–water partition coefficient (Wildman–Crippen LogP) is -3.81. The molecule has 0 rings (SSSR count). The number of carboxylic acids is 1. The number of carboxylic acid groups (broad SMARTS) is 1.